The highest BCUT2D eigenvalue weighted by atomic mass is 32.1. The molecule has 0 spiro atoms. The van der Waals surface area contributed by atoms with Gasteiger partial charge in [0.1, 0.15) is 0 Å². The van der Waals surface area contributed by atoms with E-state index in [1.807, 2.05) is 30.3 Å². The third-order valence-corrected chi connectivity index (χ3v) is 3.08. The topological polar surface area (TPSA) is 34.1 Å². The lowest BCUT2D eigenvalue weighted by atomic mass is 9.98. The fourth-order valence-electron chi connectivity index (χ4n) is 1.72. The number of hydrogen-bond acceptors (Lipinski definition) is 2. The molecular formula is C14H10O2S2. The van der Waals surface area contributed by atoms with Gasteiger partial charge in [-0.3, -0.25) is 9.59 Å². The van der Waals surface area contributed by atoms with Gasteiger partial charge in [0.05, 0.1) is 0 Å². The molecule has 0 heterocycles. The highest BCUT2D eigenvalue weighted by Crippen LogP contribution is 2.26. The Bertz CT molecular complexity index is 606. The number of rotatable bonds is 3. The first-order valence-corrected chi connectivity index (χ1v) is 6.15. The van der Waals surface area contributed by atoms with Crippen molar-refractivity contribution in [2.24, 2.45) is 0 Å². The van der Waals surface area contributed by atoms with Crippen LogP contribution in [0.1, 0.15) is 20.7 Å². The van der Waals surface area contributed by atoms with Gasteiger partial charge < -0.3 is 0 Å². The van der Waals surface area contributed by atoms with Gasteiger partial charge in [0.25, 0.3) is 0 Å². The molecule has 18 heavy (non-hydrogen) atoms. The lowest BCUT2D eigenvalue weighted by molar-refractivity contribution is 0.108. The fraction of sp³-hybridized carbons (Fsp3) is 0. The Balaban J connectivity index is 2.65. The van der Waals surface area contributed by atoms with Gasteiger partial charge in [-0.2, -0.15) is 0 Å². The second-order valence-electron chi connectivity index (χ2n) is 3.74. The third kappa shape index (κ3) is 2.66. The summed E-state index contributed by atoms with van der Waals surface area (Å²) in [5.74, 6) is 0. The minimum atomic E-state index is -0.328. The van der Waals surface area contributed by atoms with Gasteiger partial charge in [-0.1, -0.05) is 30.3 Å². The number of thiol groups is 2. The first-order valence-electron chi connectivity index (χ1n) is 5.25. The SMILES string of the molecule is O=C(S)c1ccc(C(=O)S)c(-c2ccccc2)c1. The van der Waals surface area contributed by atoms with Crippen molar-refractivity contribution in [3.8, 4) is 11.1 Å². The molecule has 0 saturated heterocycles. The van der Waals surface area contributed by atoms with E-state index in [9.17, 15) is 9.59 Å². The summed E-state index contributed by atoms with van der Waals surface area (Å²) in [6, 6.07) is 14.2. The first-order chi connectivity index (χ1) is 8.59. The summed E-state index contributed by atoms with van der Waals surface area (Å²) in [5, 5.41) is -0.655. The summed E-state index contributed by atoms with van der Waals surface area (Å²) in [6.45, 7) is 0. The smallest absolute Gasteiger partial charge is 0.216 e. The predicted octanol–water partition coefficient (Wildman–Crippen LogP) is 3.49. The van der Waals surface area contributed by atoms with Crippen LogP contribution in [0, 0.1) is 0 Å². The average Bonchev–Trinajstić information content (AvgIpc) is 2.39. The van der Waals surface area contributed by atoms with Crippen LogP contribution in [0.4, 0.5) is 0 Å². The van der Waals surface area contributed by atoms with Crippen LogP contribution in [0.3, 0.4) is 0 Å². The van der Waals surface area contributed by atoms with Crippen molar-refractivity contribution in [3.05, 3.63) is 59.7 Å². The van der Waals surface area contributed by atoms with Gasteiger partial charge in [0, 0.05) is 11.1 Å². The van der Waals surface area contributed by atoms with Gasteiger partial charge in [0.2, 0.25) is 10.2 Å². The second kappa shape index (κ2) is 5.42. The van der Waals surface area contributed by atoms with Gasteiger partial charge in [-0.05, 0) is 29.3 Å². The highest BCUT2D eigenvalue weighted by molar-refractivity contribution is 7.97. The Kier molecular flexibility index (Phi) is 3.89. The molecule has 0 aliphatic carbocycles. The monoisotopic (exact) mass is 274 g/mol. The predicted molar refractivity (Wildman–Crippen MR) is 78.5 cm³/mol. The Morgan fingerprint density at radius 3 is 2.06 bits per heavy atom. The number of carbonyl (C=O) groups is 2. The fourth-order valence-corrected chi connectivity index (χ4v) is 2.05. The van der Waals surface area contributed by atoms with Gasteiger partial charge in [-0.25, -0.2) is 0 Å². The molecule has 90 valence electrons. The molecule has 0 atom stereocenters. The van der Waals surface area contributed by atoms with E-state index in [0.717, 1.165) is 5.56 Å². The third-order valence-electron chi connectivity index (χ3n) is 2.58. The summed E-state index contributed by atoms with van der Waals surface area (Å²) in [6.07, 6.45) is 0. The van der Waals surface area contributed by atoms with Crippen molar-refractivity contribution in [3.63, 3.8) is 0 Å². The molecule has 2 rings (SSSR count). The summed E-state index contributed by atoms with van der Waals surface area (Å²) in [5.41, 5.74) is 2.49. The molecule has 2 nitrogen and oxygen atoms in total. The molecule has 2 aromatic rings. The maximum atomic E-state index is 11.5. The van der Waals surface area contributed by atoms with E-state index in [4.69, 9.17) is 0 Å². The van der Waals surface area contributed by atoms with Crippen LogP contribution in [0.5, 0.6) is 0 Å². The number of benzene rings is 2. The largest absolute Gasteiger partial charge is 0.282 e. The van der Waals surface area contributed by atoms with Gasteiger partial charge in [0.15, 0.2) is 0 Å². The van der Waals surface area contributed by atoms with Crippen LogP contribution >= 0.6 is 25.3 Å². The zero-order valence-electron chi connectivity index (χ0n) is 9.33. The molecule has 0 N–H and O–H groups in total. The molecule has 0 aliphatic rings. The number of carbonyl (C=O) groups excluding carboxylic acids is 2. The highest BCUT2D eigenvalue weighted by Gasteiger charge is 2.12. The molecule has 0 unspecified atom stereocenters. The van der Waals surface area contributed by atoms with Crippen LogP contribution in [0.15, 0.2) is 48.5 Å². The second-order valence-corrected chi connectivity index (χ2v) is 4.55. The molecule has 0 fully saturated rings. The van der Waals surface area contributed by atoms with Crippen LogP contribution < -0.4 is 0 Å². The van der Waals surface area contributed by atoms with Crippen molar-refractivity contribution in [2.45, 2.75) is 0 Å². The minimum Gasteiger partial charge on any atom is -0.282 e. The molecule has 0 amide bonds. The molecule has 0 saturated carbocycles. The molecule has 0 aromatic heterocycles. The van der Waals surface area contributed by atoms with Crippen molar-refractivity contribution < 1.29 is 9.59 Å². The maximum Gasteiger partial charge on any atom is 0.216 e. The molecule has 4 heteroatoms. The zero-order valence-corrected chi connectivity index (χ0v) is 11.1. The molecule has 0 bridgehead atoms. The minimum absolute atomic E-state index is 0.327. The lowest BCUT2D eigenvalue weighted by Crippen LogP contribution is -1.97. The van der Waals surface area contributed by atoms with Gasteiger partial charge >= 0.3 is 0 Å². The van der Waals surface area contributed by atoms with Crippen molar-refractivity contribution in [1.29, 1.82) is 0 Å². The normalized spacial score (nSPS) is 10.1. The van der Waals surface area contributed by atoms with E-state index in [1.54, 1.807) is 18.2 Å². The van der Waals surface area contributed by atoms with E-state index in [1.165, 1.54) is 0 Å². The quantitative estimate of drug-likeness (QED) is 0.840. The lowest BCUT2D eigenvalue weighted by Gasteiger charge is -2.08. The van der Waals surface area contributed by atoms with Crippen molar-refractivity contribution >= 4 is 35.5 Å². The molecule has 2 aromatic carbocycles. The van der Waals surface area contributed by atoms with Crippen molar-refractivity contribution in [1.82, 2.24) is 0 Å². The maximum absolute atomic E-state index is 11.5. The zero-order chi connectivity index (χ0) is 13.1. The Morgan fingerprint density at radius 2 is 1.50 bits per heavy atom. The summed E-state index contributed by atoms with van der Waals surface area (Å²) >= 11 is 7.64. The molecule has 0 radical (unpaired) electrons. The van der Waals surface area contributed by atoms with E-state index < -0.39 is 0 Å². The molecule has 0 aliphatic heterocycles. The van der Waals surface area contributed by atoms with Crippen molar-refractivity contribution in [2.75, 3.05) is 0 Å². The standard InChI is InChI=1S/C14H10O2S2/c15-13(17)10-6-7-11(14(16)18)12(8-10)9-4-2-1-3-5-9/h1-8H,(H,15,17)(H,16,18). The van der Waals surface area contributed by atoms with E-state index >= 15 is 0 Å². The summed E-state index contributed by atoms with van der Waals surface area (Å²) in [7, 11) is 0. The summed E-state index contributed by atoms with van der Waals surface area (Å²) < 4.78 is 0. The molecular weight excluding hydrogens is 264 g/mol. The van der Waals surface area contributed by atoms with Crippen LogP contribution in [-0.4, -0.2) is 10.2 Å². The number of hydrogen-bond donors (Lipinski definition) is 2. The average molecular weight is 274 g/mol. The first kappa shape index (κ1) is 12.9. The van der Waals surface area contributed by atoms with Crippen LogP contribution in [-0.2, 0) is 0 Å². The Hall–Kier alpha value is -1.52. The van der Waals surface area contributed by atoms with Crippen LogP contribution in [0.25, 0.3) is 11.1 Å². The van der Waals surface area contributed by atoms with E-state index in [2.05, 4.69) is 25.3 Å². The van der Waals surface area contributed by atoms with Gasteiger partial charge in [-0.15, -0.1) is 25.3 Å². The Morgan fingerprint density at radius 1 is 0.833 bits per heavy atom. The summed E-state index contributed by atoms with van der Waals surface area (Å²) in [4.78, 5) is 22.8. The Labute approximate surface area is 116 Å². The van der Waals surface area contributed by atoms with Crippen LogP contribution in [0.2, 0.25) is 0 Å². The van der Waals surface area contributed by atoms with E-state index in [0.29, 0.717) is 16.7 Å². The van der Waals surface area contributed by atoms with E-state index in [-0.39, 0.29) is 10.2 Å².